The second-order valence-corrected chi connectivity index (χ2v) is 11.4. The zero-order valence-electron chi connectivity index (χ0n) is 21.6. The molecule has 0 saturated heterocycles. The fourth-order valence-electron chi connectivity index (χ4n) is 5.55. The van der Waals surface area contributed by atoms with Gasteiger partial charge in [-0.25, -0.2) is 13.8 Å². The summed E-state index contributed by atoms with van der Waals surface area (Å²) >= 11 is 12.8. The number of halogens is 4. The van der Waals surface area contributed by atoms with Crippen LogP contribution in [0.15, 0.2) is 60.7 Å². The highest BCUT2D eigenvalue weighted by molar-refractivity contribution is 6.33. The summed E-state index contributed by atoms with van der Waals surface area (Å²) in [4.78, 5) is 18.2. The van der Waals surface area contributed by atoms with Gasteiger partial charge < -0.3 is 10.1 Å². The van der Waals surface area contributed by atoms with E-state index in [2.05, 4.69) is 15.5 Å². The predicted molar refractivity (Wildman–Crippen MR) is 150 cm³/mol. The Kier molecular flexibility index (Phi) is 6.79. The Hall–Kier alpha value is -3.49. The first-order valence-corrected chi connectivity index (χ1v) is 13.8. The molecule has 1 fully saturated rings. The monoisotopic (exact) mass is 582 g/mol. The molecule has 0 radical (unpaired) electrons. The van der Waals surface area contributed by atoms with E-state index < -0.39 is 17.6 Å². The van der Waals surface area contributed by atoms with Crippen LogP contribution in [0, 0.1) is 6.92 Å². The number of aryl methyl sites for hydroxylation is 1. The lowest BCUT2D eigenvalue weighted by molar-refractivity contribution is -0.104. The number of nitrogens with one attached hydrogen (secondary N) is 2. The van der Waals surface area contributed by atoms with Gasteiger partial charge in [0.2, 0.25) is 11.8 Å². The highest BCUT2D eigenvalue weighted by atomic mass is 35.5. The number of fused-ring (bicyclic) bond motifs is 1. The molecule has 1 aliphatic heterocycles. The highest BCUT2D eigenvalue weighted by Crippen LogP contribution is 2.50. The van der Waals surface area contributed by atoms with Crippen LogP contribution in [0.5, 0.6) is 5.88 Å². The molecule has 1 atom stereocenters. The lowest BCUT2D eigenvalue weighted by Gasteiger charge is -2.45. The number of alkyl halides is 2. The van der Waals surface area contributed by atoms with E-state index in [0.29, 0.717) is 39.2 Å². The Bertz CT molecular complexity index is 1580. The van der Waals surface area contributed by atoms with Gasteiger partial charge in [-0.1, -0.05) is 53.5 Å². The van der Waals surface area contributed by atoms with E-state index in [1.165, 1.54) is 0 Å². The number of nitrogens with zero attached hydrogens (tertiary/aromatic N) is 2. The Morgan fingerprint density at radius 2 is 1.75 bits per heavy atom. The number of benzene rings is 2. The van der Waals surface area contributed by atoms with Crippen molar-refractivity contribution in [3.05, 3.63) is 87.7 Å². The Balaban J connectivity index is 1.50. The van der Waals surface area contributed by atoms with Crippen LogP contribution in [-0.4, -0.2) is 32.6 Å². The summed E-state index contributed by atoms with van der Waals surface area (Å²) in [7, 11) is 0. The van der Waals surface area contributed by atoms with Crippen LogP contribution in [0.3, 0.4) is 0 Å². The van der Waals surface area contributed by atoms with Crippen molar-refractivity contribution < 1.29 is 18.3 Å². The molecular formula is C30H26Cl2F2N4O2. The van der Waals surface area contributed by atoms with Crippen LogP contribution < -0.4 is 10.1 Å². The quantitative estimate of drug-likeness (QED) is 0.256. The fraction of sp³-hybridized carbons (Fsp3) is 0.300. The maximum Gasteiger partial charge on any atom is 0.272 e. The molecule has 2 aliphatic rings. The van der Waals surface area contributed by atoms with E-state index in [0.717, 1.165) is 16.8 Å². The molecule has 1 amide bonds. The molecule has 6 rings (SSSR count). The molecule has 6 nitrogen and oxygen atoms in total. The van der Waals surface area contributed by atoms with Crippen LogP contribution in [-0.2, 0) is 0 Å². The molecule has 0 bridgehead atoms. The minimum absolute atomic E-state index is 0.148. The zero-order chi connectivity index (χ0) is 28.1. The third kappa shape index (κ3) is 5.18. The molecule has 1 aliphatic carbocycles. The number of hydrogen-bond acceptors (Lipinski definition) is 4. The topological polar surface area (TPSA) is 79.9 Å². The van der Waals surface area contributed by atoms with Crippen molar-refractivity contribution in [2.45, 2.75) is 56.6 Å². The van der Waals surface area contributed by atoms with Crippen molar-refractivity contribution in [3.63, 3.8) is 0 Å². The number of aromatic nitrogens is 3. The smallest absolute Gasteiger partial charge is 0.272 e. The highest BCUT2D eigenvalue weighted by Gasteiger charge is 2.49. The number of ether oxygens (including phenoxy) is 1. The summed E-state index contributed by atoms with van der Waals surface area (Å²) in [5.41, 5.74) is 3.66. The second kappa shape index (κ2) is 10.2. The number of aromatic amines is 1. The number of hydrogen-bond donors (Lipinski definition) is 2. The first-order chi connectivity index (χ1) is 19.1. The van der Waals surface area contributed by atoms with Crippen molar-refractivity contribution in [1.29, 1.82) is 0 Å². The molecule has 2 N–H and O–H groups in total. The lowest BCUT2D eigenvalue weighted by Crippen LogP contribution is -2.49. The first kappa shape index (κ1) is 26.7. The Morgan fingerprint density at radius 1 is 1.02 bits per heavy atom. The van der Waals surface area contributed by atoms with Crippen LogP contribution in [0.1, 0.15) is 59.9 Å². The molecule has 1 saturated carbocycles. The van der Waals surface area contributed by atoms with Gasteiger partial charge in [-0.3, -0.25) is 9.89 Å². The van der Waals surface area contributed by atoms with Crippen molar-refractivity contribution in [2.24, 2.45) is 0 Å². The maximum atomic E-state index is 14.2. The third-order valence-electron chi connectivity index (χ3n) is 7.70. The summed E-state index contributed by atoms with van der Waals surface area (Å²) in [5.74, 6) is -2.82. The van der Waals surface area contributed by atoms with Crippen molar-refractivity contribution in [3.8, 4) is 28.3 Å². The average molecular weight is 583 g/mol. The molecular weight excluding hydrogens is 557 g/mol. The molecule has 206 valence electrons. The van der Waals surface area contributed by atoms with Gasteiger partial charge >= 0.3 is 0 Å². The van der Waals surface area contributed by atoms with Crippen LogP contribution >= 0.6 is 23.2 Å². The fourth-order valence-corrected chi connectivity index (χ4v) is 5.90. The second-order valence-electron chi connectivity index (χ2n) is 10.6. The minimum Gasteiger partial charge on any atom is -0.471 e. The largest absolute Gasteiger partial charge is 0.471 e. The van der Waals surface area contributed by atoms with Gasteiger partial charge in [-0.05, 0) is 55.7 Å². The van der Waals surface area contributed by atoms with E-state index in [9.17, 15) is 13.6 Å². The van der Waals surface area contributed by atoms with Crippen molar-refractivity contribution >= 4 is 29.1 Å². The number of carbonyl (C=O) groups excluding carboxylic acids is 1. The third-order valence-corrected chi connectivity index (χ3v) is 8.28. The summed E-state index contributed by atoms with van der Waals surface area (Å²) in [6.07, 6.45) is 0.0483. The zero-order valence-corrected chi connectivity index (χ0v) is 23.1. The summed E-state index contributed by atoms with van der Waals surface area (Å²) in [5, 5.41) is 11.0. The molecule has 1 spiro atoms. The van der Waals surface area contributed by atoms with E-state index in [4.69, 9.17) is 32.9 Å². The summed E-state index contributed by atoms with van der Waals surface area (Å²) < 4.78 is 34.9. The average Bonchev–Trinajstić information content (AvgIpc) is 3.37. The summed E-state index contributed by atoms with van der Waals surface area (Å²) in [6.45, 7) is 1.81. The SMILES string of the molecule is Cc1cc(C(=O)N[C@@H]2CC3(CCC(F)(F)CC3)Oc3nc(-c4ccccc4Cl)c(-c4ccc(Cl)cc4)cc32)n[nH]1. The number of H-pyrrole nitrogens is 1. The van der Waals surface area contributed by atoms with Gasteiger partial charge in [0, 0.05) is 51.7 Å². The molecule has 40 heavy (non-hydrogen) atoms. The first-order valence-electron chi connectivity index (χ1n) is 13.1. The predicted octanol–water partition coefficient (Wildman–Crippen LogP) is 7.96. The molecule has 2 aromatic carbocycles. The van der Waals surface area contributed by atoms with Gasteiger partial charge in [0.1, 0.15) is 11.3 Å². The summed E-state index contributed by atoms with van der Waals surface area (Å²) in [6, 6.07) is 17.8. The van der Waals surface area contributed by atoms with Crippen LogP contribution in [0.2, 0.25) is 10.0 Å². The Morgan fingerprint density at radius 3 is 2.42 bits per heavy atom. The molecule has 4 aromatic rings. The number of amides is 1. The van der Waals surface area contributed by atoms with Crippen molar-refractivity contribution in [1.82, 2.24) is 20.5 Å². The molecule has 10 heteroatoms. The van der Waals surface area contributed by atoms with Gasteiger partial charge in [-0.2, -0.15) is 5.10 Å². The van der Waals surface area contributed by atoms with Gasteiger partial charge in [0.05, 0.1) is 11.7 Å². The van der Waals surface area contributed by atoms with Gasteiger partial charge in [0.25, 0.3) is 5.91 Å². The maximum absolute atomic E-state index is 14.2. The van der Waals surface area contributed by atoms with E-state index in [1.54, 1.807) is 24.3 Å². The normalized spacial score (nSPS) is 19.1. The minimum atomic E-state index is -2.74. The number of rotatable bonds is 4. The van der Waals surface area contributed by atoms with E-state index in [-0.39, 0.29) is 37.3 Å². The van der Waals surface area contributed by atoms with E-state index >= 15 is 0 Å². The van der Waals surface area contributed by atoms with Crippen molar-refractivity contribution in [2.75, 3.05) is 0 Å². The van der Waals surface area contributed by atoms with Crippen LogP contribution in [0.25, 0.3) is 22.4 Å². The lowest BCUT2D eigenvalue weighted by atomic mass is 9.76. The number of pyridine rings is 1. The van der Waals surface area contributed by atoms with Crippen LogP contribution in [0.4, 0.5) is 8.78 Å². The van der Waals surface area contributed by atoms with Gasteiger partial charge in [-0.15, -0.1) is 0 Å². The standard InChI is InChI=1S/C30H26Cl2F2N4O2/c1-17-14-24(38-37-17)27(39)35-25-16-29(10-12-30(33,34)13-11-29)40-28-22(25)15-21(18-6-8-19(31)9-7-18)26(36-28)20-4-2-3-5-23(20)32/h2-9,14-15,25H,10-13,16H2,1H3,(H,35,39)(H,37,38)/t25-/m1/s1. The van der Waals surface area contributed by atoms with E-state index in [1.807, 2.05) is 43.3 Å². The molecule has 3 heterocycles. The molecule has 0 unspecified atom stereocenters. The molecule has 2 aromatic heterocycles. The number of carbonyl (C=O) groups is 1. The Labute approximate surface area is 240 Å². The van der Waals surface area contributed by atoms with Gasteiger partial charge in [0.15, 0.2) is 0 Å².